The molecule has 0 aliphatic carbocycles. The van der Waals surface area contributed by atoms with E-state index in [1.165, 1.54) is 12.8 Å². The molecule has 0 saturated carbocycles. The first-order valence-electron chi connectivity index (χ1n) is 9.09. The van der Waals surface area contributed by atoms with Crippen LogP contribution in [0.4, 0.5) is 0 Å². The first kappa shape index (κ1) is 14.9. The third-order valence-electron chi connectivity index (χ3n) is 5.74. The minimum Gasteiger partial charge on any atom is -0.345 e. The van der Waals surface area contributed by atoms with E-state index in [2.05, 4.69) is 25.3 Å². The molecular weight excluding hydrogens is 316 g/mol. The van der Waals surface area contributed by atoms with Crippen LogP contribution in [0.25, 0.3) is 16.7 Å². The van der Waals surface area contributed by atoms with Gasteiger partial charge in [0.25, 0.3) is 0 Å². The van der Waals surface area contributed by atoms with Gasteiger partial charge in [0.05, 0.1) is 29.5 Å². The van der Waals surface area contributed by atoms with Gasteiger partial charge in [0.2, 0.25) is 6.41 Å². The van der Waals surface area contributed by atoms with Gasteiger partial charge in [-0.1, -0.05) is 6.42 Å². The molecule has 0 spiro atoms. The minimum atomic E-state index is 0.299. The van der Waals surface area contributed by atoms with E-state index in [1.54, 1.807) is 0 Å². The van der Waals surface area contributed by atoms with Crippen LogP contribution in [-0.2, 0) is 4.79 Å². The lowest BCUT2D eigenvalue weighted by molar-refractivity contribution is -0.117. The Hall–Kier alpha value is -2.41. The topological polar surface area (TPSA) is 69.5 Å². The van der Waals surface area contributed by atoms with Crippen LogP contribution in [0.5, 0.6) is 0 Å². The van der Waals surface area contributed by atoms with Crippen LogP contribution >= 0.6 is 0 Å². The van der Waals surface area contributed by atoms with Crippen molar-refractivity contribution >= 4 is 23.1 Å². The predicted molar refractivity (Wildman–Crippen MR) is 94.2 cm³/mol. The van der Waals surface area contributed by atoms with Crippen molar-refractivity contribution in [3.63, 3.8) is 0 Å². The lowest BCUT2D eigenvalue weighted by Crippen LogP contribution is -2.43. The highest BCUT2D eigenvalue weighted by Crippen LogP contribution is 2.35. The van der Waals surface area contributed by atoms with E-state index in [0.717, 1.165) is 61.4 Å². The number of rotatable bonds is 3. The quantitative estimate of drug-likeness (QED) is 0.741. The highest BCUT2D eigenvalue weighted by Gasteiger charge is 2.35. The van der Waals surface area contributed by atoms with Gasteiger partial charge in [-0.25, -0.2) is 9.97 Å². The molecule has 7 nitrogen and oxygen atoms in total. The van der Waals surface area contributed by atoms with Crippen LogP contribution in [0.3, 0.4) is 0 Å². The van der Waals surface area contributed by atoms with Gasteiger partial charge < -0.3 is 9.88 Å². The largest absolute Gasteiger partial charge is 0.345 e. The van der Waals surface area contributed by atoms with E-state index in [9.17, 15) is 4.79 Å². The fourth-order valence-electron chi connectivity index (χ4n) is 4.54. The van der Waals surface area contributed by atoms with E-state index in [4.69, 9.17) is 4.98 Å². The highest BCUT2D eigenvalue weighted by atomic mass is 16.1. The van der Waals surface area contributed by atoms with Crippen molar-refractivity contribution in [3.05, 3.63) is 30.5 Å². The number of fused-ring (bicyclic) bond motifs is 3. The second-order valence-electron chi connectivity index (χ2n) is 7.14. The summed E-state index contributed by atoms with van der Waals surface area (Å²) in [5.41, 5.74) is 3.01. The minimum absolute atomic E-state index is 0.299. The molecular formula is C18H22N6O. The number of carbonyl (C=O) groups is 1. The van der Waals surface area contributed by atoms with E-state index in [0.29, 0.717) is 12.1 Å². The summed E-state index contributed by atoms with van der Waals surface area (Å²) in [5.74, 6) is 1.10. The molecule has 2 fully saturated rings. The number of likely N-dealkylation sites (tertiary alicyclic amines) is 2. The third-order valence-corrected chi connectivity index (χ3v) is 5.74. The number of aromatic nitrogens is 4. The Morgan fingerprint density at radius 3 is 2.96 bits per heavy atom. The molecule has 3 aromatic rings. The Balaban J connectivity index is 1.57. The highest BCUT2D eigenvalue weighted by molar-refractivity contribution is 5.75. The molecule has 5 heterocycles. The molecule has 0 radical (unpaired) electrons. The summed E-state index contributed by atoms with van der Waals surface area (Å²) in [6.07, 6.45) is 11.3. The van der Waals surface area contributed by atoms with Crippen LogP contribution in [0.1, 0.15) is 37.5 Å². The predicted octanol–water partition coefficient (Wildman–Crippen LogP) is 1.97. The van der Waals surface area contributed by atoms with Crippen molar-refractivity contribution in [2.24, 2.45) is 0 Å². The number of carbonyl (C=O) groups excluding carboxylic acids is 1. The molecule has 1 unspecified atom stereocenters. The summed E-state index contributed by atoms with van der Waals surface area (Å²) in [5, 5.41) is 0. The Labute approximate surface area is 145 Å². The molecule has 0 aromatic carbocycles. The zero-order valence-electron chi connectivity index (χ0n) is 14.1. The Morgan fingerprint density at radius 2 is 2.08 bits per heavy atom. The van der Waals surface area contributed by atoms with E-state index < -0.39 is 0 Å². The Bertz CT molecular complexity index is 915. The fraction of sp³-hybridized carbons (Fsp3) is 0.500. The number of aromatic amines is 1. The standard InChI is InChI=1S/C18H22N6O/c25-12-22-8-5-13(11-22)23-7-2-1-3-16(23)18-21-10-14-9-20-17-15(24(14)18)4-6-19-17/h4,6,9-10,12-13,16,19H,1-3,5,7-8,11H2/t13?,16-/m1/s1. The zero-order chi connectivity index (χ0) is 16.8. The summed E-state index contributed by atoms with van der Waals surface area (Å²) >= 11 is 0. The van der Waals surface area contributed by atoms with Gasteiger partial charge in [0.15, 0.2) is 5.65 Å². The van der Waals surface area contributed by atoms with Gasteiger partial charge in [-0.2, -0.15) is 0 Å². The second kappa shape index (κ2) is 5.84. The molecule has 3 aromatic heterocycles. The fourth-order valence-corrected chi connectivity index (χ4v) is 4.54. The lowest BCUT2D eigenvalue weighted by atomic mass is 9.98. The molecule has 2 aliphatic heterocycles. The van der Waals surface area contributed by atoms with Gasteiger partial charge in [-0.15, -0.1) is 0 Å². The number of hydrogen-bond donors (Lipinski definition) is 1. The smallest absolute Gasteiger partial charge is 0.209 e. The van der Waals surface area contributed by atoms with Crippen LogP contribution in [0, 0.1) is 0 Å². The van der Waals surface area contributed by atoms with Crippen molar-refractivity contribution in [1.82, 2.24) is 29.2 Å². The summed E-state index contributed by atoms with van der Waals surface area (Å²) in [4.78, 5) is 28.1. The van der Waals surface area contributed by atoms with Gasteiger partial charge in [0.1, 0.15) is 5.82 Å². The SMILES string of the molecule is O=CN1CCC(N2CCCC[C@@H]2c2ncc3cnc4[nH]ccc4n23)C1. The summed E-state index contributed by atoms with van der Waals surface area (Å²) in [6, 6.07) is 2.80. The normalized spacial score (nSPS) is 25.2. The molecule has 130 valence electrons. The van der Waals surface area contributed by atoms with Crippen LogP contribution in [0.15, 0.2) is 24.7 Å². The lowest BCUT2D eigenvalue weighted by Gasteiger charge is -2.39. The van der Waals surface area contributed by atoms with Crippen LogP contribution in [-0.4, -0.2) is 61.2 Å². The number of piperidine rings is 1. The molecule has 1 N–H and O–H groups in total. The monoisotopic (exact) mass is 338 g/mol. The van der Waals surface area contributed by atoms with Crippen molar-refractivity contribution in [3.8, 4) is 0 Å². The van der Waals surface area contributed by atoms with Crippen molar-refractivity contribution < 1.29 is 4.79 Å². The summed E-state index contributed by atoms with van der Waals surface area (Å²) < 4.78 is 2.24. The van der Waals surface area contributed by atoms with Gasteiger partial charge in [-0.05, 0) is 31.9 Å². The van der Waals surface area contributed by atoms with Crippen molar-refractivity contribution in [2.75, 3.05) is 19.6 Å². The molecule has 0 bridgehead atoms. The molecule has 25 heavy (non-hydrogen) atoms. The molecule has 2 saturated heterocycles. The number of nitrogens with zero attached hydrogens (tertiary/aromatic N) is 5. The number of hydrogen-bond acceptors (Lipinski definition) is 4. The van der Waals surface area contributed by atoms with Crippen molar-refractivity contribution in [1.29, 1.82) is 0 Å². The first-order chi connectivity index (χ1) is 12.3. The first-order valence-corrected chi connectivity index (χ1v) is 9.09. The second-order valence-corrected chi connectivity index (χ2v) is 7.14. The maximum atomic E-state index is 11.1. The Kier molecular flexibility index (Phi) is 3.48. The van der Waals surface area contributed by atoms with Gasteiger partial charge in [0, 0.05) is 25.3 Å². The third kappa shape index (κ3) is 2.33. The zero-order valence-corrected chi connectivity index (χ0v) is 14.1. The van der Waals surface area contributed by atoms with Crippen molar-refractivity contribution in [2.45, 2.75) is 37.8 Å². The van der Waals surface area contributed by atoms with E-state index in [-0.39, 0.29) is 0 Å². The number of imidazole rings is 1. The van der Waals surface area contributed by atoms with Crippen LogP contribution < -0.4 is 0 Å². The molecule has 2 aliphatic rings. The number of nitrogens with one attached hydrogen (secondary N) is 1. The maximum Gasteiger partial charge on any atom is 0.209 e. The molecule has 5 rings (SSSR count). The maximum absolute atomic E-state index is 11.1. The molecule has 1 amide bonds. The average Bonchev–Trinajstić information content (AvgIpc) is 3.38. The number of amides is 1. The molecule has 2 atom stereocenters. The van der Waals surface area contributed by atoms with E-state index >= 15 is 0 Å². The van der Waals surface area contributed by atoms with Gasteiger partial charge >= 0.3 is 0 Å². The number of H-pyrrole nitrogens is 1. The van der Waals surface area contributed by atoms with E-state index in [1.807, 2.05) is 23.5 Å². The summed E-state index contributed by atoms with van der Waals surface area (Å²) in [6.45, 7) is 2.79. The Morgan fingerprint density at radius 1 is 1.16 bits per heavy atom. The van der Waals surface area contributed by atoms with Crippen LogP contribution in [0.2, 0.25) is 0 Å². The van der Waals surface area contributed by atoms with Gasteiger partial charge in [-0.3, -0.25) is 14.1 Å². The molecule has 7 heteroatoms. The average molecular weight is 338 g/mol. The summed E-state index contributed by atoms with van der Waals surface area (Å²) in [7, 11) is 0.